The Labute approximate surface area is 127 Å². The smallest absolute Gasteiger partial charge is 0.212 e. The molecule has 2 heterocycles. The lowest BCUT2D eigenvalue weighted by Crippen LogP contribution is -2.21. The zero-order valence-corrected chi connectivity index (χ0v) is 12.7. The zero-order valence-electron chi connectivity index (χ0n) is 11.2. The molecule has 0 aliphatic heterocycles. The Balaban J connectivity index is 2.32. The van der Waals surface area contributed by atoms with Crippen LogP contribution in [0.25, 0.3) is 0 Å². The molecule has 0 amide bonds. The van der Waals surface area contributed by atoms with E-state index < -0.39 is 0 Å². The Morgan fingerprint density at radius 3 is 2.80 bits per heavy atom. The third kappa shape index (κ3) is 3.36. The topological polar surface area (TPSA) is 51.0 Å². The Morgan fingerprint density at radius 1 is 1.40 bits per heavy atom. The molecule has 2 aromatic rings. The van der Waals surface area contributed by atoms with E-state index in [1.807, 2.05) is 19.0 Å². The highest BCUT2D eigenvalue weighted by Gasteiger charge is 2.19. The van der Waals surface area contributed by atoms with Gasteiger partial charge in [-0.25, -0.2) is 4.98 Å². The van der Waals surface area contributed by atoms with Gasteiger partial charge < -0.3 is 4.90 Å². The summed E-state index contributed by atoms with van der Waals surface area (Å²) in [5, 5.41) is 4.75. The molecule has 5 nitrogen and oxygen atoms in total. The maximum Gasteiger partial charge on any atom is 0.212 e. The summed E-state index contributed by atoms with van der Waals surface area (Å²) in [5.74, 6) is -0.212. The Bertz CT molecular complexity index is 625. The van der Waals surface area contributed by atoms with E-state index in [9.17, 15) is 4.79 Å². The molecule has 0 aliphatic carbocycles. The molecule has 0 fully saturated rings. The van der Waals surface area contributed by atoms with Crippen molar-refractivity contribution in [2.24, 2.45) is 0 Å². The molecule has 20 heavy (non-hydrogen) atoms. The SMILES string of the molecule is CN(C)CCn1ncc(Cl)c1C(=O)c1ccnc(Cl)c1. The molecule has 2 rings (SSSR count). The molecule has 7 heteroatoms. The van der Waals surface area contributed by atoms with E-state index in [-0.39, 0.29) is 10.9 Å². The van der Waals surface area contributed by atoms with Crippen molar-refractivity contribution in [1.82, 2.24) is 19.7 Å². The minimum absolute atomic E-state index is 0.212. The van der Waals surface area contributed by atoms with Crippen molar-refractivity contribution < 1.29 is 4.79 Å². The fraction of sp³-hybridized carbons (Fsp3) is 0.308. The van der Waals surface area contributed by atoms with Gasteiger partial charge in [0.25, 0.3) is 0 Å². The first-order valence-electron chi connectivity index (χ1n) is 6.01. The summed E-state index contributed by atoms with van der Waals surface area (Å²) in [5.41, 5.74) is 0.814. The average molecular weight is 313 g/mol. The largest absolute Gasteiger partial charge is 0.308 e. The van der Waals surface area contributed by atoms with Crippen molar-refractivity contribution in [1.29, 1.82) is 0 Å². The van der Waals surface area contributed by atoms with E-state index in [0.717, 1.165) is 6.54 Å². The Morgan fingerprint density at radius 2 is 2.15 bits per heavy atom. The maximum atomic E-state index is 12.5. The summed E-state index contributed by atoms with van der Waals surface area (Å²) >= 11 is 11.9. The van der Waals surface area contributed by atoms with Crippen LogP contribution >= 0.6 is 23.2 Å². The summed E-state index contributed by atoms with van der Waals surface area (Å²) < 4.78 is 1.61. The van der Waals surface area contributed by atoms with Gasteiger partial charge in [-0.1, -0.05) is 23.2 Å². The number of aromatic nitrogens is 3. The number of likely N-dealkylation sites (N-methyl/N-ethyl adjacent to an activating group) is 1. The third-order valence-corrected chi connectivity index (χ3v) is 3.24. The zero-order chi connectivity index (χ0) is 14.7. The van der Waals surface area contributed by atoms with Gasteiger partial charge in [-0.3, -0.25) is 9.48 Å². The Kier molecular flexibility index (Phi) is 4.75. The highest BCUT2D eigenvalue weighted by Crippen LogP contribution is 2.20. The van der Waals surface area contributed by atoms with Gasteiger partial charge in [-0.05, 0) is 26.2 Å². The van der Waals surface area contributed by atoms with Crippen molar-refractivity contribution in [2.75, 3.05) is 20.6 Å². The molecule has 0 unspecified atom stereocenters. The first kappa shape index (κ1) is 15.0. The molecule has 0 bridgehead atoms. The van der Waals surface area contributed by atoms with Crippen molar-refractivity contribution in [3.63, 3.8) is 0 Å². The van der Waals surface area contributed by atoms with Gasteiger partial charge in [-0.2, -0.15) is 5.10 Å². The predicted molar refractivity (Wildman–Crippen MR) is 78.5 cm³/mol. The third-order valence-electron chi connectivity index (χ3n) is 2.76. The van der Waals surface area contributed by atoms with E-state index in [0.29, 0.717) is 22.8 Å². The molecule has 0 spiro atoms. The van der Waals surface area contributed by atoms with Gasteiger partial charge in [0.1, 0.15) is 10.8 Å². The first-order chi connectivity index (χ1) is 9.49. The lowest BCUT2D eigenvalue weighted by atomic mass is 10.1. The van der Waals surface area contributed by atoms with Crippen molar-refractivity contribution in [2.45, 2.75) is 6.54 Å². The number of carbonyl (C=O) groups is 1. The minimum atomic E-state index is -0.212. The standard InChI is InChI=1S/C13H14Cl2N4O/c1-18(2)5-6-19-12(10(14)8-17-19)13(20)9-3-4-16-11(15)7-9/h3-4,7-8H,5-6H2,1-2H3. The molecular weight excluding hydrogens is 299 g/mol. The predicted octanol–water partition coefficient (Wildman–Crippen LogP) is 2.38. The van der Waals surface area contributed by atoms with Gasteiger partial charge in [0.05, 0.1) is 17.8 Å². The number of ketones is 1. The van der Waals surface area contributed by atoms with E-state index in [1.165, 1.54) is 18.5 Å². The van der Waals surface area contributed by atoms with Gasteiger partial charge in [0.15, 0.2) is 0 Å². The van der Waals surface area contributed by atoms with Crippen LogP contribution in [0.5, 0.6) is 0 Å². The lowest BCUT2D eigenvalue weighted by molar-refractivity contribution is 0.102. The van der Waals surface area contributed by atoms with Crippen LogP contribution in [0, 0.1) is 0 Å². The normalized spacial score (nSPS) is 11.1. The second kappa shape index (κ2) is 6.35. The number of rotatable bonds is 5. The molecule has 0 saturated carbocycles. The molecule has 0 N–H and O–H groups in total. The van der Waals surface area contributed by atoms with Gasteiger partial charge >= 0.3 is 0 Å². The lowest BCUT2D eigenvalue weighted by Gasteiger charge is -2.11. The molecular formula is C13H14Cl2N4O. The van der Waals surface area contributed by atoms with Crippen molar-refractivity contribution in [3.05, 3.63) is 46.0 Å². The highest BCUT2D eigenvalue weighted by atomic mass is 35.5. The number of hydrogen-bond donors (Lipinski definition) is 0. The van der Waals surface area contributed by atoms with E-state index in [2.05, 4.69) is 10.1 Å². The minimum Gasteiger partial charge on any atom is -0.308 e. The summed E-state index contributed by atoms with van der Waals surface area (Å²) in [6.07, 6.45) is 2.97. The van der Waals surface area contributed by atoms with E-state index in [4.69, 9.17) is 23.2 Å². The van der Waals surface area contributed by atoms with Crippen LogP contribution < -0.4 is 0 Å². The Hall–Kier alpha value is -1.43. The van der Waals surface area contributed by atoms with Crippen LogP contribution in [0.15, 0.2) is 24.5 Å². The van der Waals surface area contributed by atoms with Crippen LogP contribution in [-0.2, 0) is 6.54 Å². The number of hydrogen-bond acceptors (Lipinski definition) is 4. The molecule has 0 radical (unpaired) electrons. The first-order valence-corrected chi connectivity index (χ1v) is 6.77. The molecule has 0 saturated heterocycles. The van der Waals surface area contributed by atoms with Crippen LogP contribution in [0.4, 0.5) is 0 Å². The molecule has 0 aliphatic rings. The average Bonchev–Trinajstić information content (AvgIpc) is 2.76. The van der Waals surface area contributed by atoms with Crippen LogP contribution in [-0.4, -0.2) is 46.1 Å². The van der Waals surface area contributed by atoms with Crippen molar-refractivity contribution >= 4 is 29.0 Å². The number of carbonyl (C=O) groups excluding carboxylic acids is 1. The van der Waals surface area contributed by atoms with Gasteiger partial charge in [0.2, 0.25) is 5.78 Å². The molecule has 0 aromatic carbocycles. The summed E-state index contributed by atoms with van der Waals surface area (Å²) in [6, 6.07) is 3.12. The molecule has 2 aromatic heterocycles. The molecule has 106 valence electrons. The summed E-state index contributed by atoms with van der Waals surface area (Å²) in [6.45, 7) is 1.34. The second-order valence-electron chi connectivity index (χ2n) is 4.56. The number of halogens is 2. The monoisotopic (exact) mass is 312 g/mol. The van der Waals surface area contributed by atoms with Crippen LogP contribution in [0.1, 0.15) is 16.1 Å². The number of nitrogens with zero attached hydrogens (tertiary/aromatic N) is 4. The van der Waals surface area contributed by atoms with E-state index in [1.54, 1.807) is 10.7 Å². The van der Waals surface area contributed by atoms with Crippen molar-refractivity contribution in [3.8, 4) is 0 Å². The summed E-state index contributed by atoms with van der Waals surface area (Å²) in [4.78, 5) is 18.4. The van der Waals surface area contributed by atoms with Crippen LogP contribution in [0.2, 0.25) is 10.2 Å². The highest BCUT2D eigenvalue weighted by molar-refractivity contribution is 6.34. The summed E-state index contributed by atoms with van der Waals surface area (Å²) in [7, 11) is 3.91. The quantitative estimate of drug-likeness (QED) is 0.628. The second-order valence-corrected chi connectivity index (χ2v) is 5.36. The van der Waals surface area contributed by atoms with Crippen LogP contribution in [0.3, 0.4) is 0 Å². The fourth-order valence-corrected chi connectivity index (χ4v) is 2.13. The maximum absolute atomic E-state index is 12.5. The molecule has 0 atom stereocenters. The fourth-order valence-electron chi connectivity index (χ4n) is 1.73. The van der Waals surface area contributed by atoms with Gasteiger partial charge in [0, 0.05) is 18.3 Å². The van der Waals surface area contributed by atoms with Gasteiger partial charge in [-0.15, -0.1) is 0 Å². The van der Waals surface area contributed by atoms with E-state index >= 15 is 0 Å². The number of pyridine rings is 1.